The first-order chi connectivity index (χ1) is 6.92. The maximum atomic E-state index is 6.58. The third-order valence-corrected chi connectivity index (χ3v) is 7.05. The monoisotopic (exact) mass is 215 g/mol. The van der Waals surface area contributed by atoms with E-state index in [0.29, 0.717) is 6.16 Å². The SMILES string of the molecule is [B][P+](CC#C)(c1ccccc1)C(C)(C)C. The number of rotatable bonds is 2. The molecule has 1 aromatic rings. The van der Waals surface area contributed by atoms with Crippen molar-refractivity contribution in [3.8, 4) is 12.3 Å². The van der Waals surface area contributed by atoms with Crippen molar-refractivity contribution in [2.45, 2.75) is 25.9 Å². The summed E-state index contributed by atoms with van der Waals surface area (Å²) in [5.74, 6) is 2.74. The minimum absolute atomic E-state index is 0.0563. The van der Waals surface area contributed by atoms with E-state index in [4.69, 9.17) is 14.0 Å². The molecular weight excluding hydrogens is 198 g/mol. The van der Waals surface area contributed by atoms with Gasteiger partial charge in [-0.05, 0) is 32.9 Å². The van der Waals surface area contributed by atoms with Gasteiger partial charge in [0, 0.05) is 7.14 Å². The Morgan fingerprint density at radius 1 is 1.27 bits per heavy atom. The molecular formula is C13H17BP+. The van der Waals surface area contributed by atoms with E-state index in [-0.39, 0.29) is 5.16 Å². The van der Waals surface area contributed by atoms with Crippen LogP contribution in [0.1, 0.15) is 20.8 Å². The lowest BCUT2D eigenvalue weighted by molar-refractivity contribution is 0.785. The highest BCUT2D eigenvalue weighted by Gasteiger charge is 2.45. The van der Waals surface area contributed by atoms with Crippen LogP contribution in [0.25, 0.3) is 0 Å². The van der Waals surface area contributed by atoms with Gasteiger partial charge in [0.2, 0.25) is 0 Å². The Balaban J connectivity index is 3.20. The van der Waals surface area contributed by atoms with E-state index in [1.165, 1.54) is 5.30 Å². The summed E-state index contributed by atoms with van der Waals surface area (Å²) in [6, 6.07) is 10.2. The fourth-order valence-corrected chi connectivity index (χ4v) is 3.98. The molecule has 1 atom stereocenters. The number of benzene rings is 1. The third kappa shape index (κ3) is 2.44. The van der Waals surface area contributed by atoms with Crippen molar-refractivity contribution in [1.82, 2.24) is 0 Å². The summed E-state index contributed by atoms with van der Waals surface area (Å²) < 4.78 is 0. The van der Waals surface area contributed by atoms with Gasteiger partial charge in [0.05, 0.1) is 10.5 Å². The van der Waals surface area contributed by atoms with Gasteiger partial charge >= 0.3 is 7.57 Å². The molecule has 0 aliphatic rings. The fraction of sp³-hybridized carbons (Fsp3) is 0.385. The maximum Gasteiger partial charge on any atom is 0.372 e. The summed E-state index contributed by atoms with van der Waals surface area (Å²) in [5.41, 5.74) is 0. The first kappa shape index (κ1) is 12.3. The van der Waals surface area contributed by atoms with E-state index in [9.17, 15) is 0 Å². The summed E-state index contributed by atoms with van der Waals surface area (Å²) in [6.45, 7) is 6.52. The zero-order chi connectivity index (χ0) is 11.5. The molecule has 1 unspecified atom stereocenters. The third-order valence-electron chi connectivity index (χ3n) is 2.75. The second kappa shape index (κ2) is 4.42. The lowest BCUT2D eigenvalue weighted by atomic mass is 10.2. The Morgan fingerprint density at radius 3 is 2.20 bits per heavy atom. The van der Waals surface area contributed by atoms with E-state index in [1.807, 2.05) is 18.2 Å². The highest BCUT2D eigenvalue weighted by atomic mass is 31.2. The molecule has 2 heteroatoms. The van der Waals surface area contributed by atoms with Crippen molar-refractivity contribution < 1.29 is 0 Å². The second-order valence-corrected chi connectivity index (χ2v) is 8.65. The van der Waals surface area contributed by atoms with Crippen molar-refractivity contribution in [1.29, 1.82) is 0 Å². The van der Waals surface area contributed by atoms with Crippen LogP contribution in [0.4, 0.5) is 0 Å². The largest absolute Gasteiger partial charge is 0.372 e. The highest BCUT2D eigenvalue weighted by molar-refractivity contribution is 8.04. The first-order valence-corrected chi connectivity index (χ1v) is 7.12. The molecule has 0 bridgehead atoms. The van der Waals surface area contributed by atoms with Gasteiger partial charge in [-0.3, -0.25) is 0 Å². The van der Waals surface area contributed by atoms with Gasteiger partial charge in [0.15, 0.2) is 0 Å². The molecule has 0 aliphatic heterocycles. The Hall–Kier alpha value is -0.725. The summed E-state index contributed by atoms with van der Waals surface area (Å²) in [6.07, 6.45) is 6.11. The van der Waals surface area contributed by atoms with Crippen LogP contribution < -0.4 is 5.30 Å². The fourth-order valence-electron chi connectivity index (χ4n) is 1.55. The van der Waals surface area contributed by atoms with E-state index in [1.54, 1.807) is 0 Å². The zero-order valence-corrected chi connectivity index (χ0v) is 10.6. The summed E-state index contributed by atoms with van der Waals surface area (Å²) in [5, 5.41) is 1.27. The lowest BCUT2D eigenvalue weighted by Crippen LogP contribution is -2.30. The topological polar surface area (TPSA) is 0 Å². The molecule has 0 spiro atoms. The average Bonchev–Trinajstić information content (AvgIpc) is 2.18. The number of terminal acetylenes is 1. The first-order valence-electron chi connectivity index (χ1n) is 5.07. The van der Waals surface area contributed by atoms with Gasteiger partial charge in [-0.15, -0.1) is 6.42 Å². The van der Waals surface area contributed by atoms with Crippen molar-refractivity contribution in [3.63, 3.8) is 0 Å². The van der Waals surface area contributed by atoms with Gasteiger partial charge in [0.25, 0.3) is 0 Å². The van der Waals surface area contributed by atoms with Crippen LogP contribution in [0.3, 0.4) is 0 Å². The lowest BCUT2D eigenvalue weighted by Gasteiger charge is -2.34. The molecule has 1 rings (SSSR count). The molecule has 2 radical (unpaired) electrons. The molecule has 0 heterocycles. The Morgan fingerprint density at radius 2 is 1.80 bits per heavy atom. The molecule has 0 fully saturated rings. The van der Waals surface area contributed by atoms with Crippen LogP contribution in [0.2, 0.25) is 0 Å². The Labute approximate surface area is 95.2 Å². The van der Waals surface area contributed by atoms with Gasteiger partial charge in [-0.2, -0.15) is 0 Å². The average molecular weight is 215 g/mol. The smallest absolute Gasteiger partial charge is 0.116 e. The minimum atomic E-state index is -1.74. The molecule has 1 aromatic carbocycles. The van der Waals surface area contributed by atoms with Crippen LogP contribution in [-0.4, -0.2) is 18.9 Å². The molecule has 15 heavy (non-hydrogen) atoms. The minimum Gasteiger partial charge on any atom is -0.116 e. The normalized spacial score (nSPS) is 15.3. The predicted octanol–water partition coefficient (Wildman–Crippen LogP) is 2.84. The van der Waals surface area contributed by atoms with E-state index < -0.39 is 7.14 Å². The summed E-state index contributed by atoms with van der Waals surface area (Å²) in [4.78, 5) is 0. The quantitative estimate of drug-likeness (QED) is 0.404. The number of hydrogen-bond acceptors (Lipinski definition) is 0. The van der Waals surface area contributed by atoms with E-state index in [2.05, 4.69) is 38.8 Å². The maximum absolute atomic E-state index is 6.58. The highest BCUT2D eigenvalue weighted by Crippen LogP contribution is 2.63. The molecule has 0 N–H and O–H groups in total. The van der Waals surface area contributed by atoms with Crippen LogP contribution in [0.15, 0.2) is 30.3 Å². The molecule has 0 aromatic heterocycles. The van der Waals surface area contributed by atoms with Crippen molar-refractivity contribution >= 4 is 20.0 Å². The Bertz CT molecular complexity index is 358. The molecule has 0 nitrogen and oxygen atoms in total. The van der Waals surface area contributed by atoms with Gasteiger partial charge in [-0.1, -0.05) is 24.1 Å². The van der Waals surface area contributed by atoms with Crippen LogP contribution in [-0.2, 0) is 0 Å². The molecule has 0 aliphatic carbocycles. The Kier molecular flexibility index (Phi) is 3.64. The standard InChI is InChI=1S/C13H17BP/c1-5-11-15(14,13(2,3)4)12-9-7-6-8-10-12/h1,6-10H,11H2,2-4H3/q+1. The predicted molar refractivity (Wildman–Crippen MR) is 72.2 cm³/mol. The number of hydrogen-bond donors (Lipinski definition) is 0. The van der Waals surface area contributed by atoms with Gasteiger partial charge in [-0.25, -0.2) is 0 Å². The molecule has 0 amide bonds. The molecule has 0 saturated heterocycles. The van der Waals surface area contributed by atoms with Crippen LogP contribution in [0, 0.1) is 12.3 Å². The van der Waals surface area contributed by atoms with Crippen molar-refractivity contribution in [2.75, 3.05) is 6.16 Å². The summed E-state index contributed by atoms with van der Waals surface area (Å²) in [7, 11) is 4.83. The van der Waals surface area contributed by atoms with Crippen LogP contribution >= 0.6 is 7.14 Å². The van der Waals surface area contributed by atoms with Crippen LogP contribution in [0.5, 0.6) is 0 Å². The van der Waals surface area contributed by atoms with E-state index in [0.717, 1.165) is 0 Å². The molecule has 0 saturated carbocycles. The van der Waals surface area contributed by atoms with Gasteiger partial charge in [0.1, 0.15) is 6.16 Å². The molecule has 76 valence electrons. The van der Waals surface area contributed by atoms with Crippen molar-refractivity contribution in [3.05, 3.63) is 30.3 Å². The van der Waals surface area contributed by atoms with Gasteiger partial charge < -0.3 is 0 Å². The van der Waals surface area contributed by atoms with Crippen molar-refractivity contribution in [2.24, 2.45) is 0 Å². The zero-order valence-electron chi connectivity index (χ0n) is 9.70. The second-order valence-electron chi connectivity index (χ2n) is 4.74. The summed E-state index contributed by atoms with van der Waals surface area (Å²) >= 11 is 0. The van der Waals surface area contributed by atoms with E-state index >= 15 is 0 Å².